The quantitative estimate of drug-likeness (QED) is 0.125. The first-order valence-electron chi connectivity index (χ1n) is 17.3. The molecule has 0 amide bonds. The monoisotopic (exact) mass is 636 g/mol. The van der Waals surface area contributed by atoms with Crippen molar-refractivity contribution >= 4 is 23.0 Å². The molecule has 47 heavy (non-hydrogen) atoms. The number of allylic oxidation sites excluding steroid dienone is 8. The van der Waals surface area contributed by atoms with Gasteiger partial charge in [-0.3, -0.25) is 14.6 Å². The van der Waals surface area contributed by atoms with Crippen molar-refractivity contribution in [3.8, 4) is 0 Å². The van der Waals surface area contributed by atoms with E-state index in [0.717, 1.165) is 66.5 Å². The summed E-state index contributed by atoms with van der Waals surface area (Å²) < 4.78 is 19.3. The number of hydrogen-bond acceptors (Lipinski definition) is 5. The van der Waals surface area contributed by atoms with Gasteiger partial charge in [0.05, 0.1) is 0 Å². The highest BCUT2D eigenvalue weighted by atomic mass is 19.1. The first-order valence-corrected chi connectivity index (χ1v) is 17.3. The summed E-state index contributed by atoms with van der Waals surface area (Å²) in [5, 5.41) is 7.59. The van der Waals surface area contributed by atoms with Gasteiger partial charge in [0.2, 0.25) is 6.36 Å². The standard InChI is InChI=1S/C41H49FN2O3/c1-5-8-39(42)47-33-18-16-30(17-19-33)36-24-27(3)40-35(36)21-22-44-37(40)25-29-13-20-34(26(2)23-29)41(46)32-11-7-10-31(14-15-32)38(45)12-6-9-28(4)43/h5,11,13,16,18-23,30-31,35-36,39,43H,1,6-10,12,14-15,17,24-25H2,2-4H3. The van der Waals surface area contributed by atoms with Gasteiger partial charge in [0.1, 0.15) is 11.5 Å². The molecule has 5 atom stereocenters. The van der Waals surface area contributed by atoms with Crippen LogP contribution in [0.15, 0.2) is 94.9 Å². The second-order valence-electron chi connectivity index (χ2n) is 13.7. The van der Waals surface area contributed by atoms with Gasteiger partial charge in [-0.15, -0.1) is 6.58 Å². The van der Waals surface area contributed by atoms with E-state index in [1.807, 2.05) is 37.4 Å². The molecule has 0 saturated carbocycles. The molecule has 1 aromatic carbocycles. The summed E-state index contributed by atoms with van der Waals surface area (Å²) in [6.45, 7) is 9.60. The summed E-state index contributed by atoms with van der Waals surface area (Å²) in [7, 11) is 0. The number of aliphatic imine (C=N–C) groups is 1. The van der Waals surface area contributed by atoms with E-state index in [1.165, 1.54) is 17.2 Å². The Bertz CT molecular complexity index is 1590. The number of nitrogens with one attached hydrogen (secondary N) is 1. The van der Waals surface area contributed by atoms with Crippen LogP contribution >= 0.6 is 0 Å². The number of alkyl halides is 1. The topological polar surface area (TPSA) is 79.6 Å². The first-order chi connectivity index (χ1) is 22.6. The van der Waals surface area contributed by atoms with Crippen LogP contribution in [0.25, 0.3) is 0 Å². The summed E-state index contributed by atoms with van der Waals surface area (Å²) in [5.74, 6) is 2.00. The molecule has 0 aromatic heterocycles. The zero-order chi connectivity index (χ0) is 33.5. The normalized spacial score (nSPS) is 24.5. The number of benzene rings is 1. The van der Waals surface area contributed by atoms with Crippen LogP contribution in [0.4, 0.5) is 4.39 Å². The second kappa shape index (κ2) is 15.8. The molecule has 5 nitrogen and oxygen atoms in total. The van der Waals surface area contributed by atoms with E-state index in [0.29, 0.717) is 54.9 Å². The van der Waals surface area contributed by atoms with E-state index in [-0.39, 0.29) is 23.9 Å². The molecule has 1 heterocycles. The second-order valence-corrected chi connectivity index (χ2v) is 13.7. The Labute approximate surface area is 279 Å². The number of halogens is 1. The molecule has 0 bridgehead atoms. The van der Waals surface area contributed by atoms with Gasteiger partial charge in [0.25, 0.3) is 0 Å². The Morgan fingerprint density at radius 3 is 2.72 bits per heavy atom. The van der Waals surface area contributed by atoms with Crippen molar-refractivity contribution in [2.45, 2.75) is 97.8 Å². The van der Waals surface area contributed by atoms with Crippen molar-refractivity contribution in [2.24, 2.45) is 28.7 Å². The van der Waals surface area contributed by atoms with Crippen LogP contribution in [0, 0.1) is 36.0 Å². The number of rotatable bonds is 14. The third kappa shape index (κ3) is 8.51. The number of carbonyl (C=O) groups excluding carboxylic acids is 2. The summed E-state index contributed by atoms with van der Waals surface area (Å²) in [6, 6.07) is 6.15. The predicted octanol–water partition coefficient (Wildman–Crippen LogP) is 9.89. The minimum Gasteiger partial charge on any atom is -0.460 e. The zero-order valence-corrected chi connectivity index (χ0v) is 28.2. The summed E-state index contributed by atoms with van der Waals surface area (Å²) in [4.78, 5) is 31.2. The third-order valence-corrected chi connectivity index (χ3v) is 10.2. The summed E-state index contributed by atoms with van der Waals surface area (Å²) in [5.41, 5.74) is 8.08. The highest BCUT2D eigenvalue weighted by molar-refractivity contribution is 6.10. The minimum absolute atomic E-state index is 0.00163. The highest BCUT2D eigenvalue weighted by Gasteiger charge is 2.39. The molecular weight excluding hydrogens is 587 g/mol. The maximum absolute atomic E-state index is 13.9. The van der Waals surface area contributed by atoms with E-state index < -0.39 is 6.36 Å². The summed E-state index contributed by atoms with van der Waals surface area (Å²) in [6.07, 6.45) is 20.0. The maximum atomic E-state index is 13.9. The van der Waals surface area contributed by atoms with Crippen molar-refractivity contribution in [2.75, 3.05) is 0 Å². The molecule has 248 valence electrons. The number of aryl methyl sites for hydroxylation is 1. The van der Waals surface area contributed by atoms with E-state index in [9.17, 15) is 14.0 Å². The molecule has 1 N–H and O–H groups in total. The molecule has 0 radical (unpaired) electrons. The number of ketones is 2. The predicted molar refractivity (Wildman–Crippen MR) is 189 cm³/mol. The first kappa shape index (κ1) is 34.4. The van der Waals surface area contributed by atoms with Gasteiger partial charge in [-0.05, 0) is 118 Å². The average molecular weight is 637 g/mol. The number of Topliss-reactive ketones (excluding diaryl/α,β-unsaturated/α-hetero) is 2. The number of carbonyl (C=O) groups is 2. The Balaban J connectivity index is 1.19. The van der Waals surface area contributed by atoms with E-state index in [1.54, 1.807) is 6.92 Å². The van der Waals surface area contributed by atoms with Gasteiger partial charge in [-0.25, -0.2) is 4.39 Å². The fourth-order valence-electron chi connectivity index (χ4n) is 7.72. The van der Waals surface area contributed by atoms with Crippen LogP contribution in [-0.2, 0) is 16.0 Å². The highest BCUT2D eigenvalue weighted by Crippen LogP contribution is 2.46. The maximum Gasteiger partial charge on any atom is 0.241 e. The van der Waals surface area contributed by atoms with E-state index in [4.69, 9.17) is 15.1 Å². The lowest BCUT2D eigenvalue weighted by Crippen LogP contribution is -2.24. The van der Waals surface area contributed by atoms with Gasteiger partial charge in [0, 0.05) is 54.3 Å². The third-order valence-electron chi connectivity index (χ3n) is 10.2. The Morgan fingerprint density at radius 1 is 1.17 bits per heavy atom. The van der Waals surface area contributed by atoms with Gasteiger partial charge >= 0.3 is 0 Å². The van der Waals surface area contributed by atoms with Crippen molar-refractivity contribution in [3.63, 3.8) is 0 Å². The molecule has 3 aliphatic carbocycles. The van der Waals surface area contributed by atoms with Crippen LogP contribution in [0.5, 0.6) is 0 Å². The number of fused-ring (bicyclic) bond motifs is 1. The van der Waals surface area contributed by atoms with Gasteiger partial charge in [-0.2, -0.15) is 0 Å². The van der Waals surface area contributed by atoms with E-state index in [2.05, 4.69) is 37.8 Å². The molecule has 5 unspecified atom stereocenters. The zero-order valence-electron chi connectivity index (χ0n) is 28.2. The molecule has 0 spiro atoms. The smallest absolute Gasteiger partial charge is 0.241 e. The van der Waals surface area contributed by atoms with Gasteiger partial charge in [-0.1, -0.05) is 48.1 Å². The number of nitrogens with zero attached hydrogens (tertiary/aromatic N) is 1. The molecule has 0 saturated heterocycles. The Hall–Kier alpha value is -3.93. The Morgan fingerprint density at radius 2 is 2.00 bits per heavy atom. The number of hydrogen-bond donors (Lipinski definition) is 1. The van der Waals surface area contributed by atoms with Gasteiger partial charge < -0.3 is 10.1 Å². The minimum atomic E-state index is -1.37. The SMILES string of the molecule is C=CCC(F)OC1=CCC(C2CC(C)=C3C(Cc4ccc(C(=O)C5=CCCC(C(=O)CCCC(C)=N)CC5)c(C)c4)=NC=CC32)C=C1. The lowest BCUT2D eigenvalue weighted by atomic mass is 9.76. The summed E-state index contributed by atoms with van der Waals surface area (Å²) >= 11 is 0. The van der Waals surface area contributed by atoms with E-state index >= 15 is 0 Å². The molecular formula is C41H49FN2O3. The van der Waals surface area contributed by atoms with Crippen molar-refractivity contribution < 1.29 is 18.7 Å². The average Bonchev–Trinajstić information content (AvgIpc) is 3.20. The van der Waals surface area contributed by atoms with Crippen molar-refractivity contribution in [3.05, 3.63) is 107 Å². The number of ether oxygens (including phenoxy) is 1. The molecule has 1 aliphatic heterocycles. The lowest BCUT2D eigenvalue weighted by Gasteiger charge is -2.29. The van der Waals surface area contributed by atoms with Crippen LogP contribution in [-0.4, -0.2) is 29.3 Å². The van der Waals surface area contributed by atoms with Gasteiger partial charge in [0.15, 0.2) is 5.78 Å². The molecule has 4 aliphatic rings. The van der Waals surface area contributed by atoms with Crippen molar-refractivity contribution in [1.29, 1.82) is 5.41 Å². The molecule has 1 aromatic rings. The van der Waals surface area contributed by atoms with Crippen LogP contribution in [0.2, 0.25) is 0 Å². The van der Waals surface area contributed by atoms with Crippen molar-refractivity contribution in [1.82, 2.24) is 0 Å². The largest absolute Gasteiger partial charge is 0.460 e. The van der Waals surface area contributed by atoms with Crippen LogP contribution in [0.3, 0.4) is 0 Å². The molecule has 0 fully saturated rings. The Kier molecular flexibility index (Phi) is 11.5. The van der Waals surface area contributed by atoms with Crippen LogP contribution < -0.4 is 0 Å². The molecule has 5 rings (SSSR count). The fourth-order valence-corrected chi connectivity index (χ4v) is 7.72. The fraction of sp³-hybridized carbons (Fsp3) is 0.463. The van der Waals surface area contributed by atoms with Crippen LogP contribution in [0.1, 0.15) is 99.5 Å². The molecule has 6 heteroatoms. The lowest BCUT2D eigenvalue weighted by molar-refractivity contribution is -0.123.